The van der Waals surface area contributed by atoms with Crippen molar-refractivity contribution in [3.63, 3.8) is 0 Å². The highest BCUT2D eigenvalue weighted by atomic mass is 32.1. The molecule has 2 aromatic rings. The number of allylic oxidation sites excluding steroid dienone is 1. The van der Waals surface area contributed by atoms with Gasteiger partial charge in [0.1, 0.15) is 0 Å². The lowest BCUT2D eigenvalue weighted by Gasteiger charge is -2.55. The molecule has 0 fully saturated rings. The molecule has 152 valence electrons. The Morgan fingerprint density at radius 2 is 1.86 bits per heavy atom. The molecule has 2 aliphatic rings. The van der Waals surface area contributed by atoms with Crippen LogP contribution in [0, 0.1) is 5.92 Å². The number of hydrogen-bond acceptors (Lipinski definition) is 6. The normalized spacial score (nSPS) is 25.9. The summed E-state index contributed by atoms with van der Waals surface area (Å²) in [5, 5.41) is 2.08. The molecule has 0 bridgehead atoms. The number of ether oxygens (including phenoxy) is 2. The summed E-state index contributed by atoms with van der Waals surface area (Å²) in [4.78, 5) is 29.6. The molecule has 3 unspecified atom stereocenters. The van der Waals surface area contributed by atoms with E-state index in [9.17, 15) is 9.59 Å². The zero-order valence-corrected chi connectivity index (χ0v) is 17.9. The van der Waals surface area contributed by atoms with Crippen LogP contribution in [0.5, 0.6) is 0 Å². The smallest absolute Gasteiger partial charge is 0.336 e. The summed E-state index contributed by atoms with van der Waals surface area (Å²) in [5.41, 5.74) is 2.98. The first kappa shape index (κ1) is 19.7. The van der Waals surface area contributed by atoms with E-state index in [1.165, 1.54) is 24.7 Å². The summed E-state index contributed by atoms with van der Waals surface area (Å²) in [7, 11) is 2.80. The molecule has 0 amide bonds. The van der Waals surface area contributed by atoms with E-state index < -0.39 is 23.3 Å². The zero-order chi connectivity index (χ0) is 20.8. The molecule has 0 saturated heterocycles. The van der Waals surface area contributed by atoms with Gasteiger partial charge in [0, 0.05) is 23.0 Å². The van der Waals surface area contributed by atoms with Gasteiger partial charge in [-0.1, -0.05) is 30.3 Å². The van der Waals surface area contributed by atoms with Crippen LogP contribution < -0.4 is 0 Å². The summed E-state index contributed by atoms with van der Waals surface area (Å²) < 4.78 is 10.5. The van der Waals surface area contributed by atoms with Gasteiger partial charge in [0.25, 0.3) is 0 Å². The second kappa shape index (κ2) is 7.34. The zero-order valence-electron chi connectivity index (χ0n) is 17.1. The maximum Gasteiger partial charge on any atom is 0.336 e. The number of esters is 2. The van der Waals surface area contributed by atoms with Crippen LogP contribution in [0.25, 0.3) is 0 Å². The van der Waals surface area contributed by atoms with Crippen molar-refractivity contribution in [1.29, 1.82) is 0 Å². The lowest BCUT2D eigenvalue weighted by Crippen LogP contribution is -2.59. The van der Waals surface area contributed by atoms with Crippen LogP contribution >= 0.6 is 11.3 Å². The molecule has 5 nitrogen and oxygen atoms in total. The number of rotatable bonds is 3. The van der Waals surface area contributed by atoms with Crippen LogP contribution in [0.2, 0.25) is 0 Å². The molecule has 0 aliphatic carbocycles. The van der Waals surface area contributed by atoms with Gasteiger partial charge in [-0.2, -0.15) is 0 Å². The Morgan fingerprint density at radius 1 is 1.14 bits per heavy atom. The van der Waals surface area contributed by atoms with Crippen molar-refractivity contribution in [2.45, 2.75) is 31.7 Å². The third kappa shape index (κ3) is 2.81. The number of fused-ring (bicyclic) bond motifs is 3. The van der Waals surface area contributed by atoms with Gasteiger partial charge in [0.15, 0.2) is 0 Å². The lowest BCUT2D eigenvalue weighted by molar-refractivity contribution is -0.154. The van der Waals surface area contributed by atoms with Gasteiger partial charge >= 0.3 is 11.9 Å². The SMILES string of the molecule is COC(=O)C1=C(C)N2CCc3ccsc3C2(C)C(C(=O)OC)C1c1ccccc1. The van der Waals surface area contributed by atoms with Gasteiger partial charge in [0.2, 0.25) is 0 Å². The first-order chi connectivity index (χ1) is 13.9. The molecule has 3 atom stereocenters. The minimum absolute atomic E-state index is 0.318. The Hall–Kier alpha value is -2.60. The molecule has 3 heterocycles. The second-order valence-electron chi connectivity index (χ2n) is 7.70. The quantitative estimate of drug-likeness (QED) is 0.718. The highest BCUT2D eigenvalue weighted by molar-refractivity contribution is 7.10. The molecular weight excluding hydrogens is 386 g/mol. The first-order valence-corrected chi connectivity index (χ1v) is 10.6. The van der Waals surface area contributed by atoms with E-state index in [1.54, 1.807) is 11.3 Å². The number of methoxy groups -OCH3 is 2. The third-order valence-electron chi connectivity index (χ3n) is 6.44. The highest BCUT2D eigenvalue weighted by Crippen LogP contribution is 2.56. The Bertz CT molecular complexity index is 980. The van der Waals surface area contributed by atoms with E-state index in [2.05, 4.69) is 23.3 Å². The molecule has 0 radical (unpaired) electrons. The summed E-state index contributed by atoms with van der Waals surface area (Å²) in [6.07, 6.45) is 0.879. The lowest BCUT2D eigenvalue weighted by atomic mass is 9.64. The maximum atomic E-state index is 13.3. The number of carbonyl (C=O) groups is 2. The van der Waals surface area contributed by atoms with Crippen LogP contribution in [0.1, 0.15) is 35.8 Å². The van der Waals surface area contributed by atoms with Crippen LogP contribution in [-0.2, 0) is 31.0 Å². The molecule has 0 spiro atoms. The van der Waals surface area contributed by atoms with Gasteiger partial charge in [-0.3, -0.25) is 4.79 Å². The topological polar surface area (TPSA) is 55.8 Å². The summed E-state index contributed by atoms with van der Waals surface area (Å²) in [6.45, 7) is 4.81. The molecular formula is C23H25NO4S. The van der Waals surface area contributed by atoms with E-state index in [0.717, 1.165) is 24.2 Å². The van der Waals surface area contributed by atoms with Crippen LogP contribution in [0.3, 0.4) is 0 Å². The Kier molecular flexibility index (Phi) is 4.99. The fraction of sp³-hybridized carbons (Fsp3) is 0.391. The fourth-order valence-electron chi connectivity index (χ4n) is 5.15. The van der Waals surface area contributed by atoms with E-state index in [1.807, 2.05) is 37.3 Å². The van der Waals surface area contributed by atoms with E-state index in [-0.39, 0.29) is 5.97 Å². The fourth-order valence-corrected chi connectivity index (χ4v) is 6.31. The van der Waals surface area contributed by atoms with E-state index in [4.69, 9.17) is 9.47 Å². The molecule has 2 aliphatic heterocycles. The average molecular weight is 412 g/mol. The summed E-state index contributed by atoms with van der Waals surface area (Å²) in [6, 6.07) is 11.9. The summed E-state index contributed by atoms with van der Waals surface area (Å²) >= 11 is 1.67. The van der Waals surface area contributed by atoms with Crippen molar-refractivity contribution in [3.05, 3.63) is 69.1 Å². The van der Waals surface area contributed by atoms with Crippen molar-refractivity contribution < 1.29 is 19.1 Å². The van der Waals surface area contributed by atoms with Crippen LogP contribution in [-0.4, -0.2) is 37.6 Å². The molecule has 1 aromatic carbocycles. The predicted octanol–water partition coefficient (Wildman–Crippen LogP) is 3.86. The Balaban J connectivity index is 2.04. The van der Waals surface area contributed by atoms with Crippen LogP contribution in [0.15, 0.2) is 53.0 Å². The average Bonchev–Trinajstić information content (AvgIpc) is 3.23. The van der Waals surface area contributed by atoms with E-state index >= 15 is 0 Å². The summed E-state index contributed by atoms with van der Waals surface area (Å²) in [5.74, 6) is -1.75. The third-order valence-corrected chi connectivity index (χ3v) is 7.62. The first-order valence-electron chi connectivity index (χ1n) is 9.71. The number of benzene rings is 1. The maximum absolute atomic E-state index is 13.3. The van der Waals surface area contributed by atoms with Crippen molar-refractivity contribution in [1.82, 2.24) is 4.90 Å². The molecule has 0 saturated carbocycles. The van der Waals surface area contributed by atoms with E-state index in [0.29, 0.717) is 5.57 Å². The highest BCUT2D eigenvalue weighted by Gasteiger charge is 2.58. The van der Waals surface area contributed by atoms with Gasteiger partial charge in [-0.25, -0.2) is 4.79 Å². The predicted molar refractivity (Wildman–Crippen MR) is 111 cm³/mol. The molecule has 6 heteroatoms. The van der Waals surface area contributed by atoms with Gasteiger partial charge in [-0.15, -0.1) is 11.3 Å². The molecule has 29 heavy (non-hydrogen) atoms. The number of carbonyl (C=O) groups excluding carboxylic acids is 2. The number of hydrogen-bond donors (Lipinski definition) is 0. The van der Waals surface area contributed by atoms with Crippen molar-refractivity contribution in [3.8, 4) is 0 Å². The van der Waals surface area contributed by atoms with Crippen molar-refractivity contribution >= 4 is 23.3 Å². The van der Waals surface area contributed by atoms with Gasteiger partial charge in [-0.05, 0) is 42.8 Å². The number of thiophene rings is 1. The second-order valence-corrected chi connectivity index (χ2v) is 8.62. The van der Waals surface area contributed by atoms with Gasteiger partial charge in [0.05, 0.1) is 31.2 Å². The number of nitrogens with zero attached hydrogens (tertiary/aromatic N) is 1. The Morgan fingerprint density at radius 3 is 2.52 bits per heavy atom. The van der Waals surface area contributed by atoms with Crippen molar-refractivity contribution in [2.24, 2.45) is 5.92 Å². The van der Waals surface area contributed by atoms with Crippen LogP contribution in [0.4, 0.5) is 0 Å². The standard InChI is InChI=1S/C23H25NO4S/c1-14-17(21(25)27-3)18(15-8-6-5-7-9-15)19(22(26)28-4)23(2)20-16(11-13-29-20)10-12-24(14)23/h5-9,11,13,18-19H,10,12H2,1-4H3. The van der Waals surface area contributed by atoms with Gasteiger partial charge < -0.3 is 14.4 Å². The molecule has 4 rings (SSSR count). The minimum Gasteiger partial charge on any atom is -0.469 e. The monoisotopic (exact) mass is 411 g/mol. The minimum atomic E-state index is -0.600. The van der Waals surface area contributed by atoms with Crippen molar-refractivity contribution in [2.75, 3.05) is 20.8 Å². The largest absolute Gasteiger partial charge is 0.469 e. The molecule has 0 N–H and O–H groups in total. The Labute approximate surface area is 174 Å². The molecule has 1 aromatic heterocycles.